The standard InChI is InChI=1S/C17H29.C5H5.Fe/c1-3-5-7-9-12-16-14-11-15-17(16)13-10-8-6-4-2;1-2-4-5-3-1;/h11,14-15H,3-10,12-13H2,1-2H3;1-5H;. The second-order valence-corrected chi connectivity index (χ2v) is 37.1. The van der Waals surface area contributed by atoms with Gasteiger partial charge in [-0.05, 0) is 0 Å². The van der Waals surface area contributed by atoms with E-state index in [9.17, 15) is 0 Å². The van der Waals surface area contributed by atoms with Crippen molar-refractivity contribution in [3.63, 3.8) is 0 Å². The van der Waals surface area contributed by atoms with E-state index in [4.69, 9.17) is 0 Å². The van der Waals surface area contributed by atoms with Gasteiger partial charge in [0.2, 0.25) is 0 Å². The molecule has 1 heteroatoms. The summed E-state index contributed by atoms with van der Waals surface area (Å²) in [5.74, 6) is 0. The van der Waals surface area contributed by atoms with Crippen molar-refractivity contribution in [2.75, 3.05) is 0 Å². The van der Waals surface area contributed by atoms with Gasteiger partial charge in [0.05, 0.1) is 0 Å². The molecule has 10 heterocycles. The maximum absolute atomic E-state index is 2.92. The normalized spacial score (nSPS) is 94.5. The molecule has 0 aliphatic carbocycles. The summed E-state index contributed by atoms with van der Waals surface area (Å²) in [6.45, 7) is 1.85. The van der Waals surface area contributed by atoms with Crippen molar-refractivity contribution in [2.45, 2.75) is 125 Å². The predicted molar refractivity (Wildman–Crippen MR) is 92.9 cm³/mol. The molecule has 4 atom stereocenters. The molecule has 23 heavy (non-hydrogen) atoms. The third-order valence-electron chi connectivity index (χ3n) is 18.3. The van der Waals surface area contributed by atoms with E-state index in [0.717, 1.165) is 0 Å². The third kappa shape index (κ3) is 0.163. The molecule has 0 bridgehead atoms. The van der Waals surface area contributed by atoms with Crippen LogP contribution in [0.25, 0.3) is 0 Å². The zero-order chi connectivity index (χ0) is 15.0. The number of unbranched alkanes of at least 4 members (excludes halogenated alkanes) is 6. The first-order chi connectivity index (χ1) is 11.1. The van der Waals surface area contributed by atoms with Crippen LogP contribution in [0.15, 0.2) is 0 Å². The summed E-state index contributed by atoms with van der Waals surface area (Å²) < 4.78 is 2.37. The van der Waals surface area contributed by atoms with E-state index >= 15 is 0 Å². The Kier molecular flexibility index (Phi) is 0.611. The van der Waals surface area contributed by atoms with E-state index in [0.29, 0.717) is 0 Å². The van der Waals surface area contributed by atoms with Crippen LogP contribution in [0.5, 0.6) is 0 Å². The Morgan fingerprint density at radius 3 is 1.30 bits per heavy atom. The Labute approximate surface area is 131 Å². The maximum atomic E-state index is 2.39. The topological polar surface area (TPSA) is 0 Å². The van der Waals surface area contributed by atoms with Crippen LogP contribution >= 0.6 is 0 Å². The van der Waals surface area contributed by atoms with E-state index in [1.807, 2.05) is 0 Å². The molecular formula is C22H34Fe. The Morgan fingerprint density at radius 2 is 1.00 bits per heavy atom. The molecule has 0 aromatic rings. The fourth-order valence-corrected chi connectivity index (χ4v) is 98.9. The van der Waals surface area contributed by atoms with Gasteiger partial charge in [-0.25, -0.2) is 0 Å². The zero-order valence-corrected chi connectivity index (χ0v) is 16.1. The molecular weight excluding hydrogens is 320 g/mol. The van der Waals surface area contributed by atoms with Gasteiger partial charge < -0.3 is 0 Å². The SMILES string of the molecule is CCCCCC[C]12[CH]3[CH]4[CH]5[C]1(CCCCCC)[Fe]43521678[CH]2[CH]1[CH]6[CH]7[CH]28. The quantitative estimate of drug-likeness (QED) is 0.275. The summed E-state index contributed by atoms with van der Waals surface area (Å²) in [5, 5.41) is 0. The minimum absolute atomic E-state index is 1.19. The molecule has 10 aliphatic rings. The van der Waals surface area contributed by atoms with Gasteiger partial charge in [-0.15, -0.1) is 0 Å². The fraction of sp³-hybridized carbons (Fsp3) is 1.00. The van der Waals surface area contributed by atoms with Crippen LogP contribution in [0.3, 0.4) is 0 Å². The van der Waals surface area contributed by atoms with Crippen molar-refractivity contribution < 1.29 is 6.51 Å². The van der Waals surface area contributed by atoms with Gasteiger partial charge in [-0.3, -0.25) is 0 Å². The van der Waals surface area contributed by atoms with E-state index in [2.05, 4.69) is 13.8 Å². The Morgan fingerprint density at radius 1 is 0.565 bits per heavy atom. The van der Waals surface area contributed by atoms with Crippen molar-refractivity contribution in [2.24, 2.45) is 0 Å². The molecule has 130 valence electrons. The van der Waals surface area contributed by atoms with Crippen LogP contribution in [0.4, 0.5) is 0 Å². The van der Waals surface area contributed by atoms with Crippen LogP contribution in [-0.2, 0) is 6.51 Å². The summed E-state index contributed by atoms with van der Waals surface area (Å²) in [6, 6.07) is 0. The molecule has 0 aromatic heterocycles. The van der Waals surface area contributed by atoms with Crippen LogP contribution in [-0.4, -0.2) is 0 Å². The van der Waals surface area contributed by atoms with Gasteiger partial charge in [0.25, 0.3) is 0 Å². The Bertz CT molecular complexity index is 963. The Hall–Kier alpha value is 0.519. The summed E-state index contributed by atoms with van der Waals surface area (Å²) >= 11 is 0. The van der Waals surface area contributed by atoms with Crippen molar-refractivity contribution in [1.29, 1.82) is 0 Å². The van der Waals surface area contributed by atoms with E-state index in [-0.39, 0.29) is 0 Å². The molecule has 10 saturated heterocycles. The van der Waals surface area contributed by atoms with Crippen molar-refractivity contribution in [3.05, 3.63) is 0 Å². The van der Waals surface area contributed by atoms with Gasteiger partial charge >= 0.3 is 132 Å². The Balaban J connectivity index is 1.14. The van der Waals surface area contributed by atoms with E-state index in [1.165, 1.54) is 72.8 Å². The summed E-state index contributed by atoms with van der Waals surface area (Å²) in [5.41, 5.74) is 0. The summed E-state index contributed by atoms with van der Waals surface area (Å²) in [4.78, 5) is 12.3. The number of fused-ring (bicyclic) bond motifs is 10. The molecule has 10 fully saturated rings. The number of hydrogen-bond acceptors (Lipinski definition) is 0. The molecule has 0 nitrogen and oxygen atoms in total. The van der Waals surface area contributed by atoms with Crippen molar-refractivity contribution in [3.8, 4) is 0 Å². The second-order valence-electron chi connectivity index (χ2n) is 13.7. The monoisotopic (exact) mass is 354 g/mol. The third-order valence-corrected chi connectivity index (χ3v) is 62.4. The molecule has 10 rings (SSSR count). The van der Waals surface area contributed by atoms with Gasteiger partial charge in [0.15, 0.2) is 0 Å². The van der Waals surface area contributed by atoms with Crippen LogP contribution in [0.1, 0.15) is 78.1 Å². The molecule has 0 aromatic carbocycles. The van der Waals surface area contributed by atoms with Crippen LogP contribution in [0.2, 0.25) is 47.2 Å². The zero-order valence-electron chi connectivity index (χ0n) is 15.0. The van der Waals surface area contributed by atoms with Crippen LogP contribution in [0, 0.1) is 0 Å². The van der Waals surface area contributed by atoms with Gasteiger partial charge in [0, 0.05) is 0 Å². The molecule has 1 spiro atoms. The first kappa shape index (κ1) is 11.3. The molecule has 10 aliphatic heterocycles. The molecule has 4 unspecified atom stereocenters. The van der Waals surface area contributed by atoms with Gasteiger partial charge in [0.1, 0.15) is 0 Å². The van der Waals surface area contributed by atoms with Gasteiger partial charge in [-0.1, -0.05) is 0 Å². The van der Waals surface area contributed by atoms with Crippen LogP contribution < -0.4 is 0 Å². The van der Waals surface area contributed by atoms with Crippen molar-refractivity contribution >= 4 is 0 Å². The molecule has 0 amide bonds. The average molecular weight is 354 g/mol. The molecule has 0 radical (unpaired) electrons. The minimum atomic E-state index is -2.92. The fourth-order valence-electron chi connectivity index (χ4n) is 20.6. The average Bonchev–Trinajstić information content (AvgIpc) is 3.50. The summed E-state index contributed by atoms with van der Waals surface area (Å²) in [7, 11) is 0. The van der Waals surface area contributed by atoms with E-state index < -0.39 is 6.51 Å². The predicted octanol–water partition coefficient (Wildman–Crippen LogP) is 8.06. The molecule has 0 saturated carbocycles. The first-order valence-corrected chi connectivity index (χ1v) is 17.5. The summed E-state index contributed by atoms with van der Waals surface area (Å²) in [6.07, 6.45) is 15.9. The second kappa shape index (κ2) is 1.25. The number of rotatable bonds is 10. The number of hydrogen-bond donors (Lipinski definition) is 0. The van der Waals surface area contributed by atoms with Gasteiger partial charge in [-0.2, -0.15) is 0 Å². The van der Waals surface area contributed by atoms with Crippen molar-refractivity contribution in [1.82, 2.24) is 0 Å². The van der Waals surface area contributed by atoms with E-state index in [1.54, 1.807) is 38.5 Å². The molecule has 0 N–H and O–H groups in total. The first-order valence-electron chi connectivity index (χ1n) is 11.3.